The van der Waals surface area contributed by atoms with Crippen LogP contribution in [0.2, 0.25) is 0 Å². The highest BCUT2D eigenvalue weighted by atomic mass is 33.1. The minimum absolute atomic E-state index is 0.484. The van der Waals surface area contributed by atoms with Crippen LogP contribution in [0.5, 0.6) is 0 Å². The van der Waals surface area contributed by atoms with E-state index in [1.807, 2.05) is 0 Å². The molecule has 0 aromatic carbocycles. The SMILES string of the molecule is CC(C)C(=S)SS. The maximum atomic E-state index is 4.87. The van der Waals surface area contributed by atoms with Gasteiger partial charge in [0.15, 0.2) is 0 Å². The van der Waals surface area contributed by atoms with Crippen LogP contribution in [0.15, 0.2) is 0 Å². The minimum atomic E-state index is 0.484. The molecule has 0 N–H and O–H groups in total. The van der Waals surface area contributed by atoms with Gasteiger partial charge >= 0.3 is 0 Å². The molecular weight excluding hydrogens is 144 g/mol. The summed E-state index contributed by atoms with van der Waals surface area (Å²) in [7, 11) is 1.36. The second kappa shape index (κ2) is 3.75. The monoisotopic (exact) mass is 152 g/mol. The van der Waals surface area contributed by atoms with Crippen molar-refractivity contribution < 1.29 is 0 Å². The van der Waals surface area contributed by atoms with E-state index in [9.17, 15) is 0 Å². The molecule has 0 amide bonds. The summed E-state index contributed by atoms with van der Waals surface area (Å²) in [6.07, 6.45) is 0. The van der Waals surface area contributed by atoms with Crippen molar-refractivity contribution >= 4 is 38.9 Å². The standard InChI is InChI=1S/C4H8S3/c1-3(2)4(5)7-6/h3,6H,1-2H3. The molecule has 0 bridgehead atoms. The van der Waals surface area contributed by atoms with Crippen molar-refractivity contribution in [1.29, 1.82) is 0 Å². The fourth-order valence-corrected chi connectivity index (χ4v) is 0.949. The number of thiocarbonyl (C=S) groups is 1. The van der Waals surface area contributed by atoms with Gasteiger partial charge < -0.3 is 0 Å². The highest BCUT2D eigenvalue weighted by Gasteiger charge is 1.97. The first-order valence-electron chi connectivity index (χ1n) is 2.03. The van der Waals surface area contributed by atoms with Crippen LogP contribution in [0.25, 0.3) is 0 Å². The minimum Gasteiger partial charge on any atom is -0.106 e. The lowest BCUT2D eigenvalue weighted by atomic mass is 10.3. The van der Waals surface area contributed by atoms with Crippen molar-refractivity contribution in [3.05, 3.63) is 0 Å². The van der Waals surface area contributed by atoms with Gasteiger partial charge in [-0.2, -0.15) is 0 Å². The van der Waals surface area contributed by atoms with Gasteiger partial charge in [0.2, 0.25) is 0 Å². The van der Waals surface area contributed by atoms with Crippen LogP contribution in [0.4, 0.5) is 0 Å². The quantitative estimate of drug-likeness (QED) is 0.348. The van der Waals surface area contributed by atoms with Crippen molar-refractivity contribution in [3.63, 3.8) is 0 Å². The smallest absolute Gasteiger partial charge is 0.0610 e. The van der Waals surface area contributed by atoms with E-state index in [4.69, 9.17) is 12.2 Å². The van der Waals surface area contributed by atoms with Crippen LogP contribution < -0.4 is 0 Å². The van der Waals surface area contributed by atoms with Crippen molar-refractivity contribution in [2.24, 2.45) is 5.92 Å². The fourth-order valence-electron chi connectivity index (χ4n) is 0.105. The zero-order chi connectivity index (χ0) is 5.86. The summed E-state index contributed by atoms with van der Waals surface area (Å²) < 4.78 is 0.961. The molecule has 0 unspecified atom stereocenters. The Morgan fingerprint density at radius 2 is 2.14 bits per heavy atom. The van der Waals surface area contributed by atoms with Crippen LogP contribution in [-0.4, -0.2) is 4.20 Å². The summed E-state index contributed by atoms with van der Waals surface area (Å²) in [5.74, 6) is 0.484. The van der Waals surface area contributed by atoms with Crippen LogP contribution in [0.1, 0.15) is 13.8 Å². The molecule has 0 rings (SSSR count). The molecule has 0 fully saturated rings. The van der Waals surface area contributed by atoms with Crippen LogP contribution in [-0.2, 0) is 0 Å². The van der Waals surface area contributed by atoms with E-state index in [1.54, 1.807) is 0 Å². The lowest BCUT2D eigenvalue weighted by molar-refractivity contribution is 0.916. The van der Waals surface area contributed by atoms with Crippen molar-refractivity contribution in [1.82, 2.24) is 0 Å². The summed E-state index contributed by atoms with van der Waals surface area (Å²) in [6, 6.07) is 0. The third kappa shape index (κ3) is 3.38. The van der Waals surface area contributed by atoms with Gasteiger partial charge in [-0.15, -0.1) is 11.7 Å². The molecule has 0 aromatic rings. The molecule has 0 saturated heterocycles. The molecule has 0 spiro atoms. The number of hydrogen-bond donors (Lipinski definition) is 1. The lowest BCUT2D eigenvalue weighted by Crippen LogP contribution is -1.94. The maximum absolute atomic E-state index is 4.87. The Kier molecular flexibility index (Phi) is 4.17. The molecule has 7 heavy (non-hydrogen) atoms. The molecule has 0 heterocycles. The first-order chi connectivity index (χ1) is 3.18. The van der Waals surface area contributed by atoms with Gasteiger partial charge in [-0.25, -0.2) is 0 Å². The average Bonchev–Trinajstić information content (AvgIpc) is 1.65. The first-order valence-corrected chi connectivity index (χ1v) is 4.31. The molecule has 0 aromatic heterocycles. The molecule has 0 atom stereocenters. The normalized spacial score (nSPS) is 9.71. The Hall–Kier alpha value is 0.790. The van der Waals surface area contributed by atoms with E-state index in [-0.39, 0.29) is 0 Å². The highest BCUT2D eigenvalue weighted by molar-refractivity contribution is 8.76. The molecule has 0 aliphatic rings. The molecule has 0 saturated carbocycles. The number of hydrogen-bond acceptors (Lipinski definition) is 3. The van der Waals surface area contributed by atoms with Gasteiger partial charge in [-0.3, -0.25) is 0 Å². The summed E-state index contributed by atoms with van der Waals surface area (Å²) in [5.41, 5.74) is 0. The maximum Gasteiger partial charge on any atom is 0.0610 e. The lowest BCUT2D eigenvalue weighted by Gasteiger charge is -1.98. The van der Waals surface area contributed by atoms with Gasteiger partial charge in [0, 0.05) is 0 Å². The fraction of sp³-hybridized carbons (Fsp3) is 0.750. The largest absolute Gasteiger partial charge is 0.106 e. The Bertz CT molecular complexity index is 67.3. The Balaban J connectivity index is 3.35. The Labute approximate surface area is 58.9 Å². The van der Waals surface area contributed by atoms with E-state index in [0.717, 1.165) is 4.20 Å². The summed E-state index contributed by atoms with van der Waals surface area (Å²) in [5, 5.41) is 0. The van der Waals surface area contributed by atoms with Crippen LogP contribution in [0, 0.1) is 5.92 Å². The van der Waals surface area contributed by atoms with Crippen molar-refractivity contribution in [2.45, 2.75) is 13.8 Å². The highest BCUT2D eigenvalue weighted by Crippen LogP contribution is 2.15. The topological polar surface area (TPSA) is 0 Å². The zero-order valence-corrected chi connectivity index (χ0v) is 6.87. The van der Waals surface area contributed by atoms with E-state index in [0.29, 0.717) is 5.92 Å². The number of thiol groups is 1. The third-order valence-corrected chi connectivity index (χ3v) is 2.89. The van der Waals surface area contributed by atoms with Gasteiger partial charge in [-0.1, -0.05) is 36.9 Å². The molecule has 42 valence electrons. The predicted molar refractivity (Wildman–Crippen MR) is 44.0 cm³/mol. The molecule has 0 aliphatic heterocycles. The van der Waals surface area contributed by atoms with Crippen LogP contribution in [0.3, 0.4) is 0 Å². The molecule has 3 heteroatoms. The second-order valence-corrected chi connectivity index (χ2v) is 3.43. The first kappa shape index (κ1) is 7.79. The summed E-state index contributed by atoms with van der Waals surface area (Å²) in [4.78, 5) is 0. The number of rotatable bonds is 1. The summed E-state index contributed by atoms with van der Waals surface area (Å²) in [6.45, 7) is 4.12. The Morgan fingerprint density at radius 1 is 1.71 bits per heavy atom. The van der Waals surface area contributed by atoms with Gasteiger partial charge in [-0.05, 0) is 5.92 Å². The second-order valence-electron chi connectivity index (χ2n) is 1.57. The van der Waals surface area contributed by atoms with Crippen molar-refractivity contribution in [3.8, 4) is 0 Å². The van der Waals surface area contributed by atoms with Gasteiger partial charge in [0.25, 0.3) is 0 Å². The Morgan fingerprint density at radius 3 is 2.14 bits per heavy atom. The third-order valence-electron chi connectivity index (χ3n) is 0.561. The van der Waals surface area contributed by atoms with Crippen LogP contribution >= 0.6 is 34.7 Å². The molecule has 0 aliphatic carbocycles. The van der Waals surface area contributed by atoms with E-state index < -0.39 is 0 Å². The average molecular weight is 152 g/mol. The molecular formula is C4H8S3. The molecule has 0 radical (unpaired) electrons. The van der Waals surface area contributed by atoms with Gasteiger partial charge in [0.1, 0.15) is 0 Å². The zero-order valence-electron chi connectivity index (χ0n) is 4.34. The van der Waals surface area contributed by atoms with E-state index in [2.05, 4.69) is 25.5 Å². The predicted octanol–water partition coefficient (Wildman–Crippen LogP) is 2.55. The van der Waals surface area contributed by atoms with E-state index in [1.165, 1.54) is 10.8 Å². The summed E-state index contributed by atoms with van der Waals surface area (Å²) >= 11 is 8.80. The van der Waals surface area contributed by atoms with Crippen molar-refractivity contribution in [2.75, 3.05) is 0 Å². The molecule has 0 nitrogen and oxygen atoms in total. The van der Waals surface area contributed by atoms with E-state index >= 15 is 0 Å². The van der Waals surface area contributed by atoms with Gasteiger partial charge in [0.05, 0.1) is 4.20 Å².